The molecule has 0 fully saturated rings. The maximum Gasteiger partial charge on any atom is 0.277 e. The summed E-state index contributed by atoms with van der Waals surface area (Å²) in [5.74, 6) is -0.896. The van der Waals surface area contributed by atoms with E-state index >= 15 is 0 Å². The molecule has 0 spiro atoms. The van der Waals surface area contributed by atoms with E-state index in [4.69, 9.17) is 0 Å². The predicted octanol–water partition coefficient (Wildman–Crippen LogP) is 2.63. The molecule has 0 atom stereocenters. The molecule has 0 unspecified atom stereocenters. The van der Waals surface area contributed by atoms with E-state index in [0.29, 0.717) is 12.2 Å². The highest BCUT2D eigenvalue weighted by atomic mass is 16.3. The van der Waals surface area contributed by atoms with E-state index in [-0.39, 0.29) is 17.6 Å². The summed E-state index contributed by atoms with van der Waals surface area (Å²) >= 11 is 0. The highest BCUT2D eigenvalue weighted by Crippen LogP contribution is 2.31. The summed E-state index contributed by atoms with van der Waals surface area (Å²) in [6.45, 7) is 1.94. The van der Waals surface area contributed by atoms with Crippen molar-refractivity contribution >= 4 is 5.91 Å². The lowest BCUT2D eigenvalue weighted by Crippen LogP contribution is -2.54. The third-order valence-corrected chi connectivity index (χ3v) is 5.05. The minimum atomic E-state index is -0.522. The summed E-state index contributed by atoms with van der Waals surface area (Å²) in [6.07, 6.45) is 1.63. The summed E-state index contributed by atoms with van der Waals surface area (Å²) in [4.78, 5) is 26.5. The SMILES string of the molecule is Cc1cn2c(c(O)c1=O)C(=O)N(C)CN2C(c1ccccc1)c1ccccc1. The molecule has 0 bridgehead atoms. The first-order chi connectivity index (χ1) is 13.5. The number of aromatic nitrogens is 1. The molecular formula is C22H21N3O3. The molecule has 0 saturated heterocycles. The van der Waals surface area contributed by atoms with Gasteiger partial charge in [-0.25, -0.2) is 0 Å². The van der Waals surface area contributed by atoms with Gasteiger partial charge < -0.3 is 10.0 Å². The monoisotopic (exact) mass is 375 g/mol. The molecule has 6 heteroatoms. The van der Waals surface area contributed by atoms with Crippen molar-refractivity contribution in [2.45, 2.75) is 13.0 Å². The average Bonchev–Trinajstić information content (AvgIpc) is 2.71. The van der Waals surface area contributed by atoms with E-state index in [1.165, 1.54) is 4.90 Å². The molecule has 1 aromatic heterocycles. The van der Waals surface area contributed by atoms with Gasteiger partial charge in [0, 0.05) is 18.8 Å². The first-order valence-electron chi connectivity index (χ1n) is 9.06. The largest absolute Gasteiger partial charge is 0.502 e. The second-order valence-corrected chi connectivity index (χ2v) is 6.99. The second-order valence-electron chi connectivity index (χ2n) is 6.99. The maximum absolute atomic E-state index is 12.7. The Morgan fingerprint density at radius 3 is 2.00 bits per heavy atom. The fourth-order valence-electron chi connectivity index (χ4n) is 3.66. The molecule has 3 aromatic rings. The number of fused-ring (bicyclic) bond motifs is 1. The fraction of sp³-hybridized carbons (Fsp3) is 0.182. The fourth-order valence-corrected chi connectivity index (χ4v) is 3.66. The normalized spacial score (nSPS) is 13.8. The maximum atomic E-state index is 12.7. The van der Waals surface area contributed by atoms with Gasteiger partial charge in [0.05, 0.1) is 6.04 Å². The lowest BCUT2D eigenvalue weighted by molar-refractivity contribution is 0.0726. The predicted molar refractivity (Wildman–Crippen MR) is 107 cm³/mol. The summed E-state index contributed by atoms with van der Waals surface area (Å²) in [7, 11) is 1.66. The number of hydrogen-bond acceptors (Lipinski definition) is 4. The first-order valence-corrected chi connectivity index (χ1v) is 9.06. The van der Waals surface area contributed by atoms with Crippen LogP contribution in [0.15, 0.2) is 71.7 Å². The molecule has 1 aliphatic rings. The van der Waals surface area contributed by atoms with Crippen LogP contribution in [0.5, 0.6) is 5.75 Å². The van der Waals surface area contributed by atoms with Crippen LogP contribution in [0, 0.1) is 6.92 Å². The van der Waals surface area contributed by atoms with E-state index < -0.39 is 11.2 Å². The van der Waals surface area contributed by atoms with Crippen LogP contribution in [0.3, 0.4) is 0 Å². The Balaban J connectivity index is 1.97. The van der Waals surface area contributed by atoms with Crippen molar-refractivity contribution in [1.29, 1.82) is 0 Å². The van der Waals surface area contributed by atoms with Crippen LogP contribution in [0.4, 0.5) is 0 Å². The number of nitrogens with zero attached hydrogens (tertiary/aromatic N) is 3. The molecular weight excluding hydrogens is 354 g/mol. The molecule has 1 N–H and O–H groups in total. The molecule has 0 aliphatic carbocycles. The van der Waals surface area contributed by atoms with Crippen LogP contribution in [0.25, 0.3) is 0 Å². The Labute approximate surface area is 162 Å². The summed E-state index contributed by atoms with van der Waals surface area (Å²) < 4.78 is 1.62. The second kappa shape index (κ2) is 6.88. The number of carbonyl (C=O) groups is 1. The van der Waals surface area contributed by atoms with Crippen LogP contribution in [-0.4, -0.2) is 34.3 Å². The number of amides is 1. The Bertz CT molecular complexity index is 1040. The summed E-state index contributed by atoms with van der Waals surface area (Å²) in [5.41, 5.74) is 1.92. The Morgan fingerprint density at radius 1 is 0.929 bits per heavy atom. The zero-order chi connectivity index (χ0) is 19.8. The van der Waals surface area contributed by atoms with Crippen LogP contribution in [0.2, 0.25) is 0 Å². The molecule has 1 aliphatic heterocycles. The van der Waals surface area contributed by atoms with Crippen molar-refractivity contribution < 1.29 is 9.90 Å². The van der Waals surface area contributed by atoms with Crippen LogP contribution >= 0.6 is 0 Å². The number of hydrogen-bond donors (Lipinski definition) is 1. The number of aromatic hydroxyl groups is 1. The van der Waals surface area contributed by atoms with E-state index in [0.717, 1.165) is 11.1 Å². The molecule has 2 heterocycles. The van der Waals surface area contributed by atoms with Crippen molar-refractivity contribution in [1.82, 2.24) is 9.58 Å². The number of benzene rings is 2. The Kier molecular flexibility index (Phi) is 4.39. The van der Waals surface area contributed by atoms with Gasteiger partial charge in [-0.05, 0) is 18.1 Å². The lowest BCUT2D eigenvalue weighted by atomic mass is 9.98. The highest BCUT2D eigenvalue weighted by molar-refractivity contribution is 5.96. The van der Waals surface area contributed by atoms with Crippen LogP contribution in [0.1, 0.15) is 33.2 Å². The third-order valence-electron chi connectivity index (χ3n) is 5.05. The lowest BCUT2D eigenvalue weighted by Gasteiger charge is -2.43. The van der Waals surface area contributed by atoms with Gasteiger partial charge in [0.1, 0.15) is 6.67 Å². The summed E-state index contributed by atoms with van der Waals surface area (Å²) in [6, 6.07) is 19.7. The van der Waals surface area contributed by atoms with E-state index in [2.05, 4.69) is 0 Å². The van der Waals surface area contributed by atoms with Gasteiger partial charge in [0.15, 0.2) is 11.4 Å². The molecule has 28 heavy (non-hydrogen) atoms. The highest BCUT2D eigenvalue weighted by Gasteiger charge is 2.35. The summed E-state index contributed by atoms with van der Waals surface area (Å²) in [5, 5.41) is 12.4. The van der Waals surface area contributed by atoms with Crippen molar-refractivity contribution in [3.8, 4) is 5.75 Å². The van der Waals surface area contributed by atoms with Gasteiger partial charge in [0.2, 0.25) is 5.43 Å². The average molecular weight is 375 g/mol. The third kappa shape index (κ3) is 2.83. The zero-order valence-corrected chi connectivity index (χ0v) is 15.7. The van der Waals surface area contributed by atoms with Crippen LogP contribution in [-0.2, 0) is 0 Å². The number of aryl methyl sites for hydroxylation is 1. The van der Waals surface area contributed by atoms with E-state index in [1.54, 1.807) is 24.8 Å². The molecule has 1 amide bonds. The van der Waals surface area contributed by atoms with Gasteiger partial charge in [-0.2, -0.15) is 0 Å². The van der Waals surface area contributed by atoms with Gasteiger partial charge in [-0.15, -0.1) is 0 Å². The number of pyridine rings is 1. The van der Waals surface area contributed by atoms with Crippen molar-refractivity contribution in [3.63, 3.8) is 0 Å². The minimum Gasteiger partial charge on any atom is -0.502 e. The van der Waals surface area contributed by atoms with E-state index in [1.807, 2.05) is 65.7 Å². The molecule has 142 valence electrons. The van der Waals surface area contributed by atoms with Gasteiger partial charge >= 0.3 is 0 Å². The number of carbonyl (C=O) groups excluding carboxylic acids is 1. The zero-order valence-electron chi connectivity index (χ0n) is 15.7. The van der Waals surface area contributed by atoms with Gasteiger partial charge in [-0.3, -0.25) is 19.3 Å². The van der Waals surface area contributed by atoms with Crippen molar-refractivity contribution in [2.75, 3.05) is 18.7 Å². The molecule has 0 saturated carbocycles. The van der Waals surface area contributed by atoms with E-state index in [9.17, 15) is 14.7 Å². The minimum absolute atomic E-state index is 0.0128. The topological polar surface area (TPSA) is 65.8 Å². The standard InChI is InChI=1S/C22H21N3O3/c1-15-13-24-19(21(27)20(15)26)22(28)23(2)14-25(24)18(16-9-5-3-6-10-16)17-11-7-4-8-12-17/h3-13,18,27H,14H2,1-2H3. The Hall–Kier alpha value is -3.54. The smallest absolute Gasteiger partial charge is 0.277 e. The van der Waals surface area contributed by atoms with Crippen molar-refractivity contribution in [3.05, 3.63) is 99.5 Å². The van der Waals surface area contributed by atoms with Crippen LogP contribution < -0.4 is 10.4 Å². The Morgan fingerprint density at radius 2 is 1.46 bits per heavy atom. The van der Waals surface area contributed by atoms with Gasteiger partial charge in [-0.1, -0.05) is 60.7 Å². The molecule has 4 rings (SSSR count). The molecule has 6 nitrogen and oxygen atoms in total. The number of rotatable bonds is 3. The quantitative estimate of drug-likeness (QED) is 0.764. The van der Waals surface area contributed by atoms with Crippen molar-refractivity contribution in [2.24, 2.45) is 0 Å². The first kappa shape index (κ1) is 17.9. The molecule has 2 aromatic carbocycles. The molecule has 0 radical (unpaired) electrons. The van der Waals surface area contributed by atoms with Gasteiger partial charge in [0.25, 0.3) is 5.91 Å².